The molecule has 1 fully saturated rings. The molecular formula is C23H30N4O4. The number of hydrogen-bond acceptors (Lipinski definition) is 6. The molecule has 1 saturated heterocycles. The van der Waals surface area contributed by atoms with E-state index in [0.717, 1.165) is 50.6 Å². The summed E-state index contributed by atoms with van der Waals surface area (Å²) >= 11 is 0. The number of pyridine rings is 1. The molecule has 1 aromatic carbocycles. The molecule has 8 nitrogen and oxygen atoms in total. The Kier molecular flexibility index (Phi) is 8.37. The van der Waals surface area contributed by atoms with Crippen LogP contribution in [0.1, 0.15) is 29.4 Å². The monoisotopic (exact) mass is 426 g/mol. The second-order valence-electron chi connectivity index (χ2n) is 7.50. The number of rotatable bonds is 9. The number of nitrogens with one attached hydrogen (secondary N) is 1. The summed E-state index contributed by atoms with van der Waals surface area (Å²) in [6.45, 7) is 6.79. The Morgan fingerprint density at radius 1 is 1.16 bits per heavy atom. The van der Waals surface area contributed by atoms with Crippen LogP contribution in [0.25, 0.3) is 0 Å². The van der Waals surface area contributed by atoms with Crippen LogP contribution in [-0.2, 0) is 11.3 Å². The lowest BCUT2D eigenvalue weighted by Crippen LogP contribution is -2.40. The Bertz CT molecular complexity index is 849. The van der Waals surface area contributed by atoms with Gasteiger partial charge in [0.15, 0.2) is 5.78 Å². The highest BCUT2D eigenvalue weighted by Gasteiger charge is 2.16. The van der Waals surface area contributed by atoms with Crippen LogP contribution in [0, 0.1) is 0 Å². The minimum atomic E-state index is -0.178. The molecule has 2 aromatic rings. The van der Waals surface area contributed by atoms with Gasteiger partial charge in [0.05, 0.1) is 20.3 Å². The highest BCUT2D eigenvalue weighted by atomic mass is 16.5. The molecule has 0 saturated carbocycles. The summed E-state index contributed by atoms with van der Waals surface area (Å²) in [5.41, 5.74) is 2.00. The van der Waals surface area contributed by atoms with Crippen molar-refractivity contribution in [2.45, 2.75) is 19.9 Å². The predicted octanol–water partition coefficient (Wildman–Crippen LogP) is 3.05. The van der Waals surface area contributed by atoms with Crippen molar-refractivity contribution in [3.05, 3.63) is 53.9 Å². The Hall–Kier alpha value is -2.97. The highest BCUT2D eigenvalue weighted by molar-refractivity contribution is 5.92. The Morgan fingerprint density at radius 3 is 2.52 bits per heavy atom. The van der Waals surface area contributed by atoms with Crippen LogP contribution in [0.4, 0.5) is 10.5 Å². The molecule has 1 aliphatic heterocycles. The van der Waals surface area contributed by atoms with Crippen LogP contribution in [-0.4, -0.2) is 73.1 Å². The summed E-state index contributed by atoms with van der Waals surface area (Å²) in [6, 6.07) is 10.6. The standard InChI is InChI=1S/C23H30N4O4/c1-18(28)22-9-4-19(16-24-22)17-27(11-3-10-26-12-14-31-15-13-26)23(29)25-20-5-7-21(30-2)8-6-20/h4-9,16H,3,10-15,17H2,1-2H3,(H,25,29). The molecule has 0 bridgehead atoms. The fraction of sp³-hybridized carbons (Fsp3) is 0.435. The highest BCUT2D eigenvalue weighted by Crippen LogP contribution is 2.16. The minimum Gasteiger partial charge on any atom is -0.497 e. The maximum Gasteiger partial charge on any atom is 0.322 e. The Balaban J connectivity index is 1.64. The van der Waals surface area contributed by atoms with Crippen molar-refractivity contribution < 1.29 is 19.1 Å². The maximum absolute atomic E-state index is 13.0. The number of amides is 2. The van der Waals surface area contributed by atoms with Gasteiger partial charge in [-0.3, -0.25) is 14.7 Å². The van der Waals surface area contributed by atoms with Crippen molar-refractivity contribution in [2.24, 2.45) is 0 Å². The number of methoxy groups -OCH3 is 1. The van der Waals surface area contributed by atoms with Gasteiger partial charge in [-0.15, -0.1) is 0 Å². The van der Waals surface area contributed by atoms with Crippen molar-refractivity contribution in [1.82, 2.24) is 14.8 Å². The second-order valence-corrected chi connectivity index (χ2v) is 7.50. The molecule has 0 atom stereocenters. The molecule has 31 heavy (non-hydrogen) atoms. The van der Waals surface area contributed by atoms with Crippen molar-refractivity contribution in [3.63, 3.8) is 0 Å². The van der Waals surface area contributed by atoms with E-state index in [1.165, 1.54) is 6.92 Å². The smallest absolute Gasteiger partial charge is 0.322 e. The third-order valence-electron chi connectivity index (χ3n) is 5.19. The lowest BCUT2D eigenvalue weighted by Gasteiger charge is -2.28. The van der Waals surface area contributed by atoms with E-state index in [9.17, 15) is 9.59 Å². The summed E-state index contributed by atoms with van der Waals surface area (Å²) in [4.78, 5) is 32.8. The largest absolute Gasteiger partial charge is 0.497 e. The van der Waals surface area contributed by atoms with E-state index in [2.05, 4.69) is 15.2 Å². The van der Waals surface area contributed by atoms with Crippen molar-refractivity contribution in [1.29, 1.82) is 0 Å². The molecule has 0 aliphatic carbocycles. The number of urea groups is 1. The summed E-state index contributed by atoms with van der Waals surface area (Å²) in [7, 11) is 1.61. The molecule has 8 heteroatoms. The van der Waals surface area contributed by atoms with Crippen molar-refractivity contribution in [2.75, 3.05) is 51.8 Å². The molecule has 1 aliphatic rings. The minimum absolute atomic E-state index is 0.0776. The fourth-order valence-corrected chi connectivity index (χ4v) is 3.39. The van der Waals surface area contributed by atoms with E-state index < -0.39 is 0 Å². The van der Waals surface area contributed by atoms with E-state index in [4.69, 9.17) is 9.47 Å². The van der Waals surface area contributed by atoms with Gasteiger partial charge in [-0.1, -0.05) is 6.07 Å². The van der Waals surface area contributed by atoms with Crippen LogP contribution in [0.5, 0.6) is 5.75 Å². The Morgan fingerprint density at radius 2 is 1.90 bits per heavy atom. The SMILES string of the molecule is COc1ccc(NC(=O)N(CCCN2CCOCC2)Cc2ccc(C(C)=O)nc2)cc1. The number of ketones is 1. The van der Waals surface area contributed by atoms with E-state index >= 15 is 0 Å². The van der Waals surface area contributed by atoms with E-state index in [1.807, 2.05) is 30.3 Å². The zero-order valence-electron chi connectivity index (χ0n) is 18.2. The van der Waals surface area contributed by atoms with Gasteiger partial charge < -0.3 is 19.7 Å². The molecular weight excluding hydrogens is 396 g/mol. The number of morpholine rings is 1. The summed E-state index contributed by atoms with van der Waals surface area (Å²) in [5, 5.41) is 2.95. The molecule has 2 amide bonds. The quantitative estimate of drug-likeness (QED) is 0.621. The lowest BCUT2D eigenvalue weighted by molar-refractivity contribution is 0.0365. The number of Topliss-reactive ketones (excluding diaryl/α,β-unsaturated/α-hetero) is 1. The van der Waals surface area contributed by atoms with Gasteiger partial charge in [-0.25, -0.2) is 4.79 Å². The summed E-state index contributed by atoms with van der Waals surface area (Å²) in [5.74, 6) is 0.656. The zero-order chi connectivity index (χ0) is 22.1. The van der Waals surface area contributed by atoms with Crippen LogP contribution < -0.4 is 10.1 Å². The fourth-order valence-electron chi connectivity index (χ4n) is 3.39. The number of anilines is 1. The van der Waals surface area contributed by atoms with Gasteiger partial charge >= 0.3 is 6.03 Å². The summed E-state index contributed by atoms with van der Waals surface area (Å²) in [6.07, 6.45) is 2.52. The molecule has 1 N–H and O–H groups in total. The molecule has 1 aromatic heterocycles. The van der Waals surface area contributed by atoms with Crippen LogP contribution in [0.15, 0.2) is 42.6 Å². The summed E-state index contributed by atoms with van der Waals surface area (Å²) < 4.78 is 10.6. The maximum atomic E-state index is 13.0. The first-order valence-electron chi connectivity index (χ1n) is 10.5. The number of nitrogens with zero attached hydrogens (tertiary/aromatic N) is 3. The third kappa shape index (κ3) is 7.04. The first-order chi connectivity index (χ1) is 15.0. The molecule has 2 heterocycles. The molecule has 3 rings (SSSR count). The first-order valence-corrected chi connectivity index (χ1v) is 10.5. The lowest BCUT2D eigenvalue weighted by atomic mass is 10.2. The van der Waals surface area contributed by atoms with Crippen LogP contribution >= 0.6 is 0 Å². The number of aromatic nitrogens is 1. The first kappa shape index (κ1) is 22.7. The average Bonchev–Trinajstić information content (AvgIpc) is 2.80. The number of carbonyl (C=O) groups excluding carboxylic acids is 2. The van der Waals surface area contributed by atoms with Gasteiger partial charge in [0, 0.05) is 51.5 Å². The van der Waals surface area contributed by atoms with Gasteiger partial charge in [-0.05, 0) is 42.3 Å². The van der Waals surface area contributed by atoms with E-state index in [1.54, 1.807) is 24.3 Å². The Labute approximate surface area is 183 Å². The average molecular weight is 427 g/mol. The number of carbonyl (C=O) groups is 2. The van der Waals surface area contributed by atoms with Crippen molar-refractivity contribution >= 4 is 17.5 Å². The van der Waals surface area contributed by atoms with E-state index in [0.29, 0.717) is 24.5 Å². The van der Waals surface area contributed by atoms with Gasteiger partial charge in [-0.2, -0.15) is 0 Å². The second kappa shape index (κ2) is 11.4. The topological polar surface area (TPSA) is 84.0 Å². The molecule has 0 radical (unpaired) electrons. The van der Waals surface area contributed by atoms with Gasteiger partial charge in [0.2, 0.25) is 0 Å². The normalized spacial score (nSPS) is 14.1. The van der Waals surface area contributed by atoms with Crippen LogP contribution in [0.2, 0.25) is 0 Å². The van der Waals surface area contributed by atoms with Gasteiger partial charge in [0.1, 0.15) is 11.4 Å². The third-order valence-corrected chi connectivity index (χ3v) is 5.19. The molecule has 0 unspecified atom stereocenters. The molecule has 0 spiro atoms. The molecule has 166 valence electrons. The number of benzene rings is 1. The predicted molar refractivity (Wildman–Crippen MR) is 119 cm³/mol. The number of ether oxygens (including phenoxy) is 2. The van der Waals surface area contributed by atoms with E-state index in [-0.39, 0.29) is 11.8 Å². The van der Waals surface area contributed by atoms with Gasteiger partial charge in [0.25, 0.3) is 0 Å². The number of hydrogen-bond donors (Lipinski definition) is 1. The van der Waals surface area contributed by atoms with Crippen molar-refractivity contribution in [3.8, 4) is 5.75 Å². The zero-order valence-corrected chi connectivity index (χ0v) is 18.2. The van der Waals surface area contributed by atoms with Crippen LogP contribution in [0.3, 0.4) is 0 Å².